The summed E-state index contributed by atoms with van der Waals surface area (Å²) in [4.78, 5) is 12.0. The van der Waals surface area contributed by atoms with Gasteiger partial charge < -0.3 is 14.6 Å². The maximum atomic E-state index is 12.0. The van der Waals surface area contributed by atoms with E-state index in [1.807, 2.05) is 34.9 Å². The fraction of sp³-hybridized carbons (Fsp3) is 0.438. The van der Waals surface area contributed by atoms with Crippen molar-refractivity contribution in [1.29, 1.82) is 0 Å². The maximum Gasteiger partial charge on any atom is 0.251 e. The summed E-state index contributed by atoms with van der Waals surface area (Å²) in [6.45, 7) is 3.20. The Kier molecular flexibility index (Phi) is 4.14. The number of aromatic nitrogens is 1. The highest BCUT2D eigenvalue weighted by molar-refractivity contribution is 5.78. The first-order chi connectivity index (χ1) is 9.84. The van der Waals surface area contributed by atoms with Gasteiger partial charge in [0.1, 0.15) is 0 Å². The van der Waals surface area contributed by atoms with Gasteiger partial charge >= 0.3 is 0 Å². The van der Waals surface area contributed by atoms with Gasteiger partial charge in [-0.3, -0.25) is 4.79 Å². The number of para-hydroxylation sites is 1. The standard InChI is InChI=1S/C16H20N2O2/c19-16-6-5-13-3-1-2-4-15(13)18(16)10-9-17-14-7-11-20-12-8-14/h1-6,14,17H,7-12H2. The van der Waals surface area contributed by atoms with Crippen LogP contribution in [0.15, 0.2) is 41.2 Å². The number of fused-ring (bicyclic) bond motifs is 1. The van der Waals surface area contributed by atoms with Crippen molar-refractivity contribution >= 4 is 10.9 Å². The number of hydrogen-bond acceptors (Lipinski definition) is 3. The van der Waals surface area contributed by atoms with Gasteiger partial charge in [-0.1, -0.05) is 18.2 Å². The van der Waals surface area contributed by atoms with Crippen molar-refractivity contribution in [2.45, 2.75) is 25.4 Å². The van der Waals surface area contributed by atoms with Crippen molar-refractivity contribution < 1.29 is 4.74 Å². The van der Waals surface area contributed by atoms with Gasteiger partial charge in [-0.05, 0) is 30.4 Å². The highest BCUT2D eigenvalue weighted by Crippen LogP contribution is 2.11. The molecular weight excluding hydrogens is 252 g/mol. The van der Waals surface area contributed by atoms with Crippen molar-refractivity contribution in [3.8, 4) is 0 Å². The molecule has 2 heterocycles. The first-order valence-electron chi connectivity index (χ1n) is 7.24. The Morgan fingerprint density at radius 3 is 2.80 bits per heavy atom. The van der Waals surface area contributed by atoms with Crippen LogP contribution in [0.5, 0.6) is 0 Å². The van der Waals surface area contributed by atoms with Crippen LogP contribution in [0.2, 0.25) is 0 Å². The first-order valence-corrected chi connectivity index (χ1v) is 7.24. The third-order valence-corrected chi connectivity index (χ3v) is 3.89. The largest absolute Gasteiger partial charge is 0.381 e. The summed E-state index contributed by atoms with van der Waals surface area (Å²) in [5, 5.41) is 4.63. The number of hydrogen-bond donors (Lipinski definition) is 1. The first kappa shape index (κ1) is 13.3. The van der Waals surface area contributed by atoms with Crippen LogP contribution in [0.1, 0.15) is 12.8 Å². The Morgan fingerprint density at radius 2 is 1.95 bits per heavy atom. The zero-order valence-electron chi connectivity index (χ0n) is 11.5. The minimum atomic E-state index is 0.0671. The molecule has 1 N–H and O–H groups in total. The summed E-state index contributed by atoms with van der Waals surface area (Å²) in [5.41, 5.74) is 1.08. The molecule has 4 nitrogen and oxygen atoms in total. The Bertz CT molecular complexity index is 630. The van der Waals surface area contributed by atoms with E-state index in [4.69, 9.17) is 4.74 Å². The molecule has 20 heavy (non-hydrogen) atoms. The Hall–Kier alpha value is -1.65. The molecule has 106 valence electrons. The molecule has 1 aromatic carbocycles. The van der Waals surface area contributed by atoms with E-state index < -0.39 is 0 Å². The second kappa shape index (κ2) is 6.20. The Morgan fingerprint density at radius 1 is 1.15 bits per heavy atom. The average molecular weight is 272 g/mol. The van der Waals surface area contributed by atoms with Crippen molar-refractivity contribution in [2.24, 2.45) is 0 Å². The van der Waals surface area contributed by atoms with Crippen molar-refractivity contribution in [3.05, 3.63) is 46.8 Å². The molecule has 1 aromatic heterocycles. The monoisotopic (exact) mass is 272 g/mol. The minimum absolute atomic E-state index is 0.0671. The molecule has 0 spiro atoms. The molecule has 0 saturated carbocycles. The van der Waals surface area contributed by atoms with Gasteiger partial charge in [0.2, 0.25) is 0 Å². The smallest absolute Gasteiger partial charge is 0.251 e. The van der Waals surface area contributed by atoms with E-state index in [2.05, 4.69) is 5.32 Å². The van der Waals surface area contributed by atoms with E-state index >= 15 is 0 Å². The van der Waals surface area contributed by atoms with Crippen molar-refractivity contribution in [1.82, 2.24) is 9.88 Å². The molecule has 0 amide bonds. The number of pyridine rings is 1. The molecule has 0 unspecified atom stereocenters. The summed E-state index contributed by atoms with van der Waals surface area (Å²) in [5.74, 6) is 0. The van der Waals surface area contributed by atoms with Gasteiger partial charge in [0.05, 0.1) is 5.52 Å². The van der Waals surface area contributed by atoms with E-state index in [0.717, 1.165) is 43.5 Å². The third kappa shape index (κ3) is 2.92. The quantitative estimate of drug-likeness (QED) is 0.922. The van der Waals surface area contributed by atoms with Gasteiger partial charge in [0.15, 0.2) is 0 Å². The predicted octanol–water partition coefficient (Wildman–Crippen LogP) is 1.77. The van der Waals surface area contributed by atoms with E-state index in [0.29, 0.717) is 12.6 Å². The second-order valence-corrected chi connectivity index (χ2v) is 5.22. The number of nitrogens with zero attached hydrogens (tertiary/aromatic N) is 1. The van der Waals surface area contributed by atoms with Crippen LogP contribution in [-0.2, 0) is 11.3 Å². The van der Waals surface area contributed by atoms with Crippen LogP contribution >= 0.6 is 0 Å². The summed E-state index contributed by atoms with van der Waals surface area (Å²) in [6, 6.07) is 12.1. The fourth-order valence-corrected chi connectivity index (χ4v) is 2.76. The Labute approximate surface area is 118 Å². The van der Waals surface area contributed by atoms with E-state index in [9.17, 15) is 4.79 Å². The van der Waals surface area contributed by atoms with E-state index in [1.54, 1.807) is 6.07 Å². The third-order valence-electron chi connectivity index (χ3n) is 3.89. The van der Waals surface area contributed by atoms with Crippen LogP contribution < -0.4 is 10.9 Å². The highest BCUT2D eigenvalue weighted by atomic mass is 16.5. The van der Waals surface area contributed by atoms with Gasteiger partial charge in [0, 0.05) is 38.4 Å². The molecule has 3 rings (SSSR count). The molecule has 1 aliphatic heterocycles. The summed E-state index contributed by atoms with van der Waals surface area (Å²) in [7, 11) is 0. The number of benzene rings is 1. The normalized spacial score (nSPS) is 16.6. The molecule has 1 fully saturated rings. The second-order valence-electron chi connectivity index (χ2n) is 5.22. The zero-order valence-corrected chi connectivity index (χ0v) is 11.5. The van der Waals surface area contributed by atoms with E-state index in [1.165, 1.54) is 0 Å². The Balaban J connectivity index is 1.70. The maximum absolute atomic E-state index is 12.0. The van der Waals surface area contributed by atoms with Crippen LogP contribution in [0.25, 0.3) is 10.9 Å². The summed E-state index contributed by atoms with van der Waals surface area (Å²) >= 11 is 0. The zero-order chi connectivity index (χ0) is 13.8. The van der Waals surface area contributed by atoms with Gasteiger partial charge in [-0.15, -0.1) is 0 Å². The van der Waals surface area contributed by atoms with E-state index in [-0.39, 0.29) is 5.56 Å². The SMILES string of the molecule is O=c1ccc2ccccc2n1CCNC1CCOCC1. The van der Waals surface area contributed by atoms with Crippen LogP contribution in [0, 0.1) is 0 Å². The van der Waals surface area contributed by atoms with Crippen LogP contribution in [0.4, 0.5) is 0 Å². The minimum Gasteiger partial charge on any atom is -0.381 e. The highest BCUT2D eigenvalue weighted by Gasteiger charge is 2.12. The molecule has 1 aliphatic rings. The lowest BCUT2D eigenvalue weighted by Gasteiger charge is -2.23. The van der Waals surface area contributed by atoms with Gasteiger partial charge in [-0.2, -0.15) is 0 Å². The topological polar surface area (TPSA) is 43.3 Å². The van der Waals surface area contributed by atoms with Crippen molar-refractivity contribution in [2.75, 3.05) is 19.8 Å². The van der Waals surface area contributed by atoms with Crippen LogP contribution in [-0.4, -0.2) is 30.4 Å². The molecule has 1 saturated heterocycles. The molecule has 0 radical (unpaired) electrons. The molecule has 0 bridgehead atoms. The number of rotatable bonds is 4. The van der Waals surface area contributed by atoms with Crippen molar-refractivity contribution in [3.63, 3.8) is 0 Å². The summed E-state index contributed by atoms with van der Waals surface area (Å²) in [6.07, 6.45) is 2.12. The number of ether oxygens (including phenoxy) is 1. The molecule has 2 aromatic rings. The molecular formula is C16H20N2O2. The van der Waals surface area contributed by atoms with Crippen LogP contribution in [0.3, 0.4) is 0 Å². The molecule has 4 heteroatoms. The molecule has 0 atom stereocenters. The lowest BCUT2D eigenvalue weighted by atomic mass is 10.1. The lowest BCUT2D eigenvalue weighted by Crippen LogP contribution is -2.37. The fourth-order valence-electron chi connectivity index (χ4n) is 2.76. The summed E-state index contributed by atoms with van der Waals surface area (Å²) < 4.78 is 7.19. The van der Waals surface area contributed by atoms with Gasteiger partial charge in [0.25, 0.3) is 5.56 Å². The van der Waals surface area contributed by atoms with Gasteiger partial charge in [-0.25, -0.2) is 0 Å². The lowest BCUT2D eigenvalue weighted by molar-refractivity contribution is 0.0779. The molecule has 0 aliphatic carbocycles. The predicted molar refractivity (Wildman–Crippen MR) is 80.1 cm³/mol. The number of nitrogens with one attached hydrogen (secondary N) is 1. The average Bonchev–Trinajstić information content (AvgIpc) is 2.50.